The van der Waals surface area contributed by atoms with Gasteiger partial charge in [0.2, 0.25) is 0 Å². The molecule has 1 aromatic rings. The normalized spacial score (nSPS) is 10.1. The van der Waals surface area contributed by atoms with Crippen LogP contribution in [0, 0.1) is 6.92 Å². The minimum atomic E-state index is 0.261. The van der Waals surface area contributed by atoms with Crippen LogP contribution in [0.1, 0.15) is 18.4 Å². The molecule has 0 aliphatic rings. The highest BCUT2D eigenvalue weighted by Crippen LogP contribution is 2.17. The number of hydrogen-bond acceptors (Lipinski definition) is 3. The molecular formula is C11H18N2O. The van der Waals surface area contributed by atoms with Gasteiger partial charge in [0, 0.05) is 24.5 Å². The first kappa shape index (κ1) is 10.9. The lowest BCUT2D eigenvalue weighted by Gasteiger charge is -2.09. The third-order valence-electron chi connectivity index (χ3n) is 2.16. The van der Waals surface area contributed by atoms with Crippen molar-refractivity contribution in [1.82, 2.24) is 0 Å². The first-order valence-electron chi connectivity index (χ1n) is 4.95. The molecule has 3 heteroatoms. The number of aliphatic hydroxyl groups is 1. The SMILES string of the molecule is Cc1ccc(N)cc1NCCCCO. The zero-order chi connectivity index (χ0) is 10.4. The minimum Gasteiger partial charge on any atom is -0.399 e. The molecule has 0 bridgehead atoms. The third-order valence-corrected chi connectivity index (χ3v) is 2.16. The zero-order valence-electron chi connectivity index (χ0n) is 8.59. The van der Waals surface area contributed by atoms with Crippen LogP contribution in [0.25, 0.3) is 0 Å². The average molecular weight is 194 g/mol. The Labute approximate surface area is 84.9 Å². The van der Waals surface area contributed by atoms with Crippen molar-refractivity contribution in [3.63, 3.8) is 0 Å². The molecule has 0 radical (unpaired) electrons. The highest BCUT2D eigenvalue weighted by Gasteiger charge is 1.97. The molecule has 1 rings (SSSR count). The van der Waals surface area contributed by atoms with Crippen LogP contribution >= 0.6 is 0 Å². The summed E-state index contributed by atoms with van der Waals surface area (Å²) in [6.07, 6.45) is 1.82. The van der Waals surface area contributed by atoms with Gasteiger partial charge >= 0.3 is 0 Å². The van der Waals surface area contributed by atoms with Gasteiger partial charge in [-0.25, -0.2) is 0 Å². The molecule has 0 unspecified atom stereocenters. The molecule has 0 aliphatic carbocycles. The second kappa shape index (κ2) is 5.50. The smallest absolute Gasteiger partial charge is 0.0431 e. The molecule has 0 atom stereocenters. The second-order valence-electron chi connectivity index (χ2n) is 3.43. The van der Waals surface area contributed by atoms with Crippen LogP contribution < -0.4 is 11.1 Å². The monoisotopic (exact) mass is 194 g/mol. The largest absolute Gasteiger partial charge is 0.399 e. The van der Waals surface area contributed by atoms with E-state index in [1.807, 2.05) is 25.1 Å². The van der Waals surface area contributed by atoms with Crippen LogP contribution in [0.15, 0.2) is 18.2 Å². The average Bonchev–Trinajstić information content (AvgIpc) is 2.18. The number of benzene rings is 1. The molecule has 1 aromatic carbocycles. The molecule has 0 saturated carbocycles. The van der Waals surface area contributed by atoms with Crippen LogP contribution in [0.4, 0.5) is 11.4 Å². The number of unbranched alkanes of at least 4 members (excludes halogenated alkanes) is 1. The highest BCUT2D eigenvalue weighted by molar-refractivity contribution is 5.59. The van der Waals surface area contributed by atoms with Gasteiger partial charge in [-0.2, -0.15) is 0 Å². The van der Waals surface area contributed by atoms with E-state index >= 15 is 0 Å². The Balaban J connectivity index is 2.45. The van der Waals surface area contributed by atoms with Gasteiger partial charge in [-0.15, -0.1) is 0 Å². The summed E-state index contributed by atoms with van der Waals surface area (Å²) in [7, 11) is 0. The van der Waals surface area contributed by atoms with E-state index in [0.29, 0.717) is 0 Å². The summed E-state index contributed by atoms with van der Waals surface area (Å²) in [5.41, 5.74) is 8.74. The summed E-state index contributed by atoms with van der Waals surface area (Å²) >= 11 is 0. The van der Waals surface area contributed by atoms with Crippen LogP contribution in [0.2, 0.25) is 0 Å². The maximum Gasteiger partial charge on any atom is 0.0431 e. The van der Waals surface area contributed by atoms with Crippen molar-refractivity contribution in [2.45, 2.75) is 19.8 Å². The van der Waals surface area contributed by atoms with E-state index < -0.39 is 0 Å². The van der Waals surface area contributed by atoms with E-state index in [0.717, 1.165) is 30.8 Å². The van der Waals surface area contributed by atoms with E-state index in [2.05, 4.69) is 5.32 Å². The van der Waals surface area contributed by atoms with Gasteiger partial charge in [-0.3, -0.25) is 0 Å². The molecule has 14 heavy (non-hydrogen) atoms. The van der Waals surface area contributed by atoms with Crippen molar-refractivity contribution in [2.75, 3.05) is 24.2 Å². The van der Waals surface area contributed by atoms with Gasteiger partial charge in [0.1, 0.15) is 0 Å². The van der Waals surface area contributed by atoms with Gasteiger partial charge in [-0.1, -0.05) is 6.07 Å². The fraction of sp³-hybridized carbons (Fsp3) is 0.455. The minimum absolute atomic E-state index is 0.261. The number of aliphatic hydroxyl groups excluding tert-OH is 1. The maximum absolute atomic E-state index is 8.61. The Kier molecular flexibility index (Phi) is 4.26. The first-order chi connectivity index (χ1) is 6.74. The predicted molar refractivity (Wildman–Crippen MR) is 60.4 cm³/mol. The number of anilines is 2. The fourth-order valence-corrected chi connectivity index (χ4v) is 1.29. The van der Waals surface area contributed by atoms with Gasteiger partial charge in [0.15, 0.2) is 0 Å². The maximum atomic E-state index is 8.61. The van der Waals surface area contributed by atoms with E-state index in [4.69, 9.17) is 10.8 Å². The number of nitrogens with one attached hydrogen (secondary N) is 1. The van der Waals surface area contributed by atoms with Gasteiger partial charge in [-0.05, 0) is 37.5 Å². The summed E-state index contributed by atoms with van der Waals surface area (Å²) in [5, 5.41) is 11.9. The number of nitrogens with two attached hydrogens (primary N) is 1. The highest BCUT2D eigenvalue weighted by atomic mass is 16.2. The number of nitrogen functional groups attached to an aromatic ring is 1. The Bertz CT molecular complexity index is 287. The molecule has 78 valence electrons. The van der Waals surface area contributed by atoms with Crippen molar-refractivity contribution in [3.05, 3.63) is 23.8 Å². The van der Waals surface area contributed by atoms with Crippen LogP contribution in [0.3, 0.4) is 0 Å². The van der Waals surface area contributed by atoms with E-state index in [1.165, 1.54) is 5.56 Å². The lowest BCUT2D eigenvalue weighted by atomic mass is 10.2. The van der Waals surface area contributed by atoms with E-state index in [-0.39, 0.29) is 6.61 Å². The fourth-order valence-electron chi connectivity index (χ4n) is 1.29. The van der Waals surface area contributed by atoms with Crippen molar-refractivity contribution in [2.24, 2.45) is 0 Å². The Morgan fingerprint density at radius 1 is 1.36 bits per heavy atom. The van der Waals surface area contributed by atoms with Crippen LogP contribution in [-0.4, -0.2) is 18.3 Å². The quantitative estimate of drug-likeness (QED) is 0.494. The molecule has 0 fully saturated rings. The van der Waals surface area contributed by atoms with Crippen molar-refractivity contribution in [1.29, 1.82) is 0 Å². The van der Waals surface area contributed by atoms with Crippen molar-refractivity contribution < 1.29 is 5.11 Å². The molecule has 0 heterocycles. The predicted octanol–water partition coefficient (Wildman–Crippen LogP) is 1.76. The number of rotatable bonds is 5. The summed E-state index contributed by atoms with van der Waals surface area (Å²) in [4.78, 5) is 0. The molecule has 0 amide bonds. The van der Waals surface area contributed by atoms with Gasteiger partial charge < -0.3 is 16.2 Å². The molecule has 0 aromatic heterocycles. The molecule has 4 N–H and O–H groups in total. The van der Waals surface area contributed by atoms with Gasteiger partial charge in [0.05, 0.1) is 0 Å². The van der Waals surface area contributed by atoms with E-state index in [1.54, 1.807) is 0 Å². The summed E-state index contributed by atoms with van der Waals surface area (Å²) < 4.78 is 0. The Morgan fingerprint density at radius 2 is 2.14 bits per heavy atom. The standard InChI is InChI=1S/C11H18N2O/c1-9-4-5-10(12)8-11(9)13-6-2-3-7-14/h4-5,8,13-14H,2-3,6-7,12H2,1H3. The zero-order valence-corrected chi connectivity index (χ0v) is 8.59. The summed E-state index contributed by atoms with van der Waals surface area (Å²) in [5.74, 6) is 0. The molecule has 0 saturated heterocycles. The second-order valence-corrected chi connectivity index (χ2v) is 3.43. The lowest BCUT2D eigenvalue weighted by Crippen LogP contribution is -2.04. The van der Waals surface area contributed by atoms with Crippen LogP contribution in [-0.2, 0) is 0 Å². The molecule has 0 spiro atoms. The first-order valence-corrected chi connectivity index (χ1v) is 4.95. The van der Waals surface area contributed by atoms with Gasteiger partial charge in [0.25, 0.3) is 0 Å². The molecular weight excluding hydrogens is 176 g/mol. The summed E-state index contributed by atoms with van der Waals surface area (Å²) in [6.45, 7) is 3.19. The summed E-state index contributed by atoms with van der Waals surface area (Å²) in [6, 6.07) is 5.84. The van der Waals surface area contributed by atoms with Crippen molar-refractivity contribution >= 4 is 11.4 Å². The van der Waals surface area contributed by atoms with Crippen molar-refractivity contribution in [3.8, 4) is 0 Å². The molecule has 0 aliphatic heterocycles. The van der Waals surface area contributed by atoms with E-state index in [9.17, 15) is 0 Å². The molecule has 3 nitrogen and oxygen atoms in total. The Hall–Kier alpha value is -1.22. The van der Waals surface area contributed by atoms with Crippen LogP contribution in [0.5, 0.6) is 0 Å². The Morgan fingerprint density at radius 3 is 2.86 bits per heavy atom. The number of aryl methyl sites for hydroxylation is 1. The number of hydrogen-bond donors (Lipinski definition) is 3. The third kappa shape index (κ3) is 3.26. The topological polar surface area (TPSA) is 58.3 Å². The lowest BCUT2D eigenvalue weighted by molar-refractivity contribution is 0.286.